The van der Waals surface area contributed by atoms with Gasteiger partial charge < -0.3 is 21.9 Å². The summed E-state index contributed by atoms with van der Waals surface area (Å²) in [5, 5.41) is 10.8. The predicted molar refractivity (Wildman–Crippen MR) is 111 cm³/mol. The van der Waals surface area contributed by atoms with Gasteiger partial charge >= 0.3 is 0 Å². The van der Waals surface area contributed by atoms with Crippen molar-refractivity contribution >= 4 is 17.2 Å². The van der Waals surface area contributed by atoms with Crippen LogP contribution in [-0.4, -0.2) is 10.8 Å². The lowest BCUT2D eigenvalue weighted by Crippen LogP contribution is -2.32. The summed E-state index contributed by atoms with van der Waals surface area (Å²) in [6, 6.07) is 22.1. The van der Waals surface area contributed by atoms with Crippen LogP contribution in [0.1, 0.15) is 28.4 Å². The number of rotatable bonds is 4. The van der Waals surface area contributed by atoms with Gasteiger partial charge in [0.15, 0.2) is 5.84 Å². The van der Waals surface area contributed by atoms with Crippen LogP contribution in [0.25, 0.3) is 11.4 Å². The van der Waals surface area contributed by atoms with E-state index in [0.717, 1.165) is 33.6 Å². The van der Waals surface area contributed by atoms with E-state index in [0.29, 0.717) is 5.84 Å². The zero-order valence-electron chi connectivity index (χ0n) is 15.1. The number of amidine groups is 1. The maximum atomic E-state index is 5.46. The molecule has 28 heavy (non-hydrogen) atoms. The summed E-state index contributed by atoms with van der Waals surface area (Å²) < 4.78 is 0. The molecular formula is C21H21N7. The molecule has 0 fully saturated rings. The van der Waals surface area contributed by atoms with Crippen molar-refractivity contribution in [1.29, 1.82) is 0 Å². The lowest BCUT2D eigenvalue weighted by molar-refractivity contribution is 0.620. The Kier molecular flexibility index (Phi) is 4.90. The van der Waals surface area contributed by atoms with Crippen LogP contribution in [0.5, 0.6) is 0 Å². The van der Waals surface area contributed by atoms with Crippen LogP contribution in [-0.2, 0) is 0 Å². The van der Waals surface area contributed by atoms with Crippen molar-refractivity contribution in [2.45, 2.75) is 6.17 Å². The third kappa shape index (κ3) is 3.38. The molecule has 7 nitrogen and oxygen atoms in total. The van der Waals surface area contributed by atoms with E-state index in [9.17, 15) is 0 Å². The molecule has 0 radical (unpaired) electrons. The van der Waals surface area contributed by atoms with E-state index in [1.807, 2.05) is 54.6 Å². The molecule has 1 unspecified atom stereocenters. The van der Waals surface area contributed by atoms with E-state index in [2.05, 4.69) is 38.3 Å². The van der Waals surface area contributed by atoms with E-state index < -0.39 is 0 Å². The van der Waals surface area contributed by atoms with Gasteiger partial charge in [-0.2, -0.15) is 5.10 Å². The fourth-order valence-corrected chi connectivity index (χ4v) is 3.25. The van der Waals surface area contributed by atoms with Crippen LogP contribution in [0.2, 0.25) is 0 Å². The molecule has 1 aromatic heterocycles. The highest BCUT2D eigenvalue weighted by Gasteiger charge is 2.25. The number of hydrogen-bond acceptors (Lipinski definition) is 6. The SMILES string of the molecule is N/N=C(\NN)c1ccc(C2=C(c3ccncc3)NC(c3ccccc3)N2)cc1. The molecule has 0 bridgehead atoms. The molecule has 0 saturated heterocycles. The van der Waals surface area contributed by atoms with Crippen molar-refractivity contribution in [2.24, 2.45) is 16.8 Å². The molecule has 0 aliphatic carbocycles. The summed E-state index contributed by atoms with van der Waals surface area (Å²) in [4.78, 5) is 4.13. The van der Waals surface area contributed by atoms with Gasteiger partial charge in [-0.15, -0.1) is 0 Å². The van der Waals surface area contributed by atoms with Crippen molar-refractivity contribution in [3.8, 4) is 0 Å². The average Bonchev–Trinajstić information content (AvgIpc) is 3.22. The number of nitrogens with two attached hydrogens (primary N) is 2. The van der Waals surface area contributed by atoms with Gasteiger partial charge in [0.25, 0.3) is 0 Å². The summed E-state index contributed by atoms with van der Waals surface area (Å²) in [7, 11) is 0. The second-order valence-electron chi connectivity index (χ2n) is 6.32. The molecule has 1 atom stereocenters. The zero-order chi connectivity index (χ0) is 19.3. The minimum Gasteiger partial charge on any atom is -0.359 e. The Balaban J connectivity index is 1.72. The Hall–Kier alpha value is -3.84. The van der Waals surface area contributed by atoms with Crippen molar-refractivity contribution in [2.75, 3.05) is 0 Å². The van der Waals surface area contributed by atoms with E-state index in [4.69, 9.17) is 11.7 Å². The Labute approximate surface area is 163 Å². The van der Waals surface area contributed by atoms with Crippen LogP contribution < -0.4 is 27.7 Å². The first kappa shape index (κ1) is 17.6. The second kappa shape index (κ2) is 7.81. The molecule has 0 amide bonds. The molecule has 1 aliphatic heterocycles. The molecule has 2 heterocycles. The molecule has 1 aliphatic rings. The summed E-state index contributed by atoms with van der Waals surface area (Å²) >= 11 is 0. The van der Waals surface area contributed by atoms with Crippen molar-refractivity contribution in [1.82, 2.24) is 21.0 Å². The molecule has 4 rings (SSSR count). The number of benzene rings is 2. The largest absolute Gasteiger partial charge is 0.359 e. The number of aromatic nitrogens is 1. The highest BCUT2D eigenvalue weighted by Crippen LogP contribution is 2.32. The van der Waals surface area contributed by atoms with Gasteiger partial charge in [0.05, 0.1) is 11.4 Å². The lowest BCUT2D eigenvalue weighted by atomic mass is 10.0. The molecule has 7 N–H and O–H groups in total. The van der Waals surface area contributed by atoms with Crippen LogP contribution in [0.3, 0.4) is 0 Å². The summed E-state index contributed by atoms with van der Waals surface area (Å²) in [6.07, 6.45) is 3.56. The monoisotopic (exact) mass is 371 g/mol. The van der Waals surface area contributed by atoms with Crippen LogP contribution in [0.15, 0.2) is 84.2 Å². The van der Waals surface area contributed by atoms with Gasteiger partial charge in [0.1, 0.15) is 6.17 Å². The van der Waals surface area contributed by atoms with Gasteiger partial charge in [-0.05, 0) is 23.3 Å². The van der Waals surface area contributed by atoms with Gasteiger partial charge in [-0.25, -0.2) is 5.84 Å². The van der Waals surface area contributed by atoms with Gasteiger partial charge in [0.2, 0.25) is 0 Å². The first-order valence-corrected chi connectivity index (χ1v) is 8.88. The van der Waals surface area contributed by atoms with E-state index in [1.54, 1.807) is 12.4 Å². The summed E-state index contributed by atoms with van der Waals surface area (Å²) in [5.74, 6) is 11.2. The topological polar surface area (TPSA) is 113 Å². The first-order chi connectivity index (χ1) is 13.8. The maximum absolute atomic E-state index is 5.46. The van der Waals surface area contributed by atoms with Crippen LogP contribution in [0, 0.1) is 0 Å². The fourth-order valence-electron chi connectivity index (χ4n) is 3.25. The number of hydrazone groups is 1. The summed E-state index contributed by atoms with van der Waals surface area (Å²) in [6.45, 7) is 0. The molecule has 0 saturated carbocycles. The Bertz CT molecular complexity index is 996. The lowest BCUT2D eigenvalue weighted by Gasteiger charge is -2.15. The van der Waals surface area contributed by atoms with Crippen LogP contribution in [0.4, 0.5) is 0 Å². The molecule has 140 valence electrons. The first-order valence-electron chi connectivity index (χ1n) is 8.88. The molecule has 3 aromatic rings. The van der Waals surface area contributed by atoms with E-state index in [1.165, 1.54) is 0 Å². The third-order valence-electron chi connectivity index (χ3n) is 4.64. The highest BCUT2D eigenvalue weighted by molar-refractivity contribution is 5.99. The third-order valence-corrected chi connectivity index (χ3v) is 4.64. The molecular weight excluding hydrogens is 350 g/mol. The minimum atomic E-state index is -0.0223. The molecule has 7 heteroatoms. The Morgan fingerprint density at radius 3 is 2.04 bits per heavy atom. The molecule has 2 aromatic carbocycles. The smallest absolute Gasteiger partial charge is 0.166 e. The average molecular weight is 371 g/mol. The van der Waals surface area contributed by atoms with Gasteiger partial charge in [-0.1, -0.05) is 54.6 Å². The second-order valence-corrected chi connectivity index (χ2v) is 6.32. The maximum Gasteiger partial charge on any atom is 0.166 e. The van der Waals surface area contributed by atoms with Gasteiger partial charge in [-0.3, -0.25) is 4.98 Å². The summed E-state index contributed by atoms with van der Waals surface area (Å²) in [5.41, 5.74) is 8.60. The van der Waals surface area contributed by atoms with Crippen molar-refractivity contribution < 1.29 is 0 Å². The Morgan fingerprint density at radius 1 is 0.857 bits per heavy atom. The molecule has 0 spiro atoms. The quantitative estimate of drug-likeness (QED) is 0.207. The van der Waals surface area contributed by atoms with Crippen molar-refractivity contribution in [3.05, 3.63) is 101 Å². The number of hydrogen-bond donors (Lipinski definition) is 5. The highest BCUT2D eigenvalue weighted by atomic mass is 15.3. The van der Waals surface area contributed by atoms with Gasteiger partial charge in [0, 0.05) is 23.5 Å². The zero-order valence-corrected chi connectivity index (χ0v) is 15.1. The number of nitrogens with zero attached hydrogens (tertiary/aromatic N) is 2. The van der Waals surface area contributed by atoms with E-state index >= 15 is 0 Å². The Morgan fingerprint density at radius 2 is 1.46 bits per heavy atom. The van der Waals surface area contributed by atoms with E-state index in [-0.39, 0.29) is 6.17 Å². The normalized spacial score (nSPS) is 16.5. The fraction of sp³-hybridized carbons (Fsp3) is 0.0476. The number of nitrogens with one attached hydrogen (secondary N) is 3. The standard InChI is InChI=1S/C21H21N7/c22-27-21(28-23)17-8-6-14(7-9-17)18-19(15-10-12-24-13-11-15)26-20(25-18)16-4-2-1-3-5-16/h1-13,20,25-26H,22-23H2,(H,27,28). The predicted octanol–water partition coefficient (Wildman–Crippen LogP) is 1.88. The van der Waals surface area contributed by atoms with Crippen molar-refractivity contribution in [3.63, 3.8) is 0 Å². The number of pyridine rings is 1. The number of hydrazine groups is 1. The minimum absolute atomic E-state index is 0.0223. The van der Waals surface area contributed by atoms with Crippen LogP contribution >= 0.6 is 0 Å².